The monoisotopic (exact) mass is 287 g/mol. The van der Waals surface area contributed by atoms with Crippen LogP contribution in [0.5, 0.6) is 0 Å². The molecule has 0 saturated carbocycles. The number of sulfone groups is 1. The maximum atomic E-state index is 11.4. The quantitative estimate of drug-likeness (QED) is 0.592. The molecule has 0 bridgehead atoms. The lowest BCUT2D eigenvalue weighted by Gasteiger charge is -2.27. The Morgan fingerprint density at radius 3 is 2.53 bits per heavy atom. The summed E-state index contributed by atoms with van der Waals surface area (Å²) in [5, 5.41) is 13.7. The molecular formula is C9H13N5O4S. The van der Waals surface area contributed by atoms with Crippen LogP contribution in [0.25, 0.3) is 0 Å². The van der Waals surface area contributed by atoms with Gasteiger partial charge in [0.25, 0.3) is 0 Å². The molecule has 1 saturated heterocycles. The maximum absolute atomic E-state index is 11.4. The fourth-order valence-corrected chi connectivity index (χ4v) is 3.08. The summed E-state index contributed by atoms with van der Waals surface area (Å²) in [6.07, 6.45) is 1.22. The molecule has 104 valence electrons. The van der Waals surface area contributed by atoms with Crippen LogP contribution in [0.3, 0.4) is 0 Å². The molecule has 9 nitrogen and oxygen atoms in total. The van der Waals surface area contributed by atoms with Crippen molar-refractivity contribution in [2.24, 2.45) is 0 Å². The molecule has 0 aromatic carbocycles. The van der Waals surface area contributed by atoms with Gasteiger partial charge in [0.05, 0.1) is 16.4 Å². The third-order valence-electron chi connectivity index (χ3n) is 2.87. The van der Waals surface area contributed by atoms with E-state index in [2.05, 4.69) is 15.3 Å². The van der Waals surface area contributed by atoms with Gasteiger partial charge in [0, 0.05) is 20.1 Å². The van der Waals surface area contributed by atoms with Crippen LogP contribution in [-0.4, -0.2) is 55.0 Å². The lowest BCUT2D eigenvalue weighted by atomic mass is 10.3. The number of nitrogens with one attached hydrogen (secondary N) is 1. The second-order valence-corrected chi connectivity index (χ2v) is 6.34. The zero-order valence-electron chi connectivity index (χ0n) is 10.2. The third-order valence-corrected chi connectivity index (χ3v) is 4.48. The van der Waals surface area contributed by atoms with E-state index in [9.17, 15) is 18.5 Å². The van der Waals surface area contributed by atoms with Crippen LogP contribution in [0.2, 0.25) is 0 Å². The first-order valence-electron chi connectivity index (χ1n) is 5.57. The van der Waals surface area contributed by atoms with Crippen molar-refractivity contribution in [2.45, 2.75) is 0 Å². The van der Waals surface area contributed by atoms with Gasteiger partial charge < -0.3 is 10.2 Å². The van der Waals surface area contributed by atoms with Crippen molar-refractivity contribution in [3.05, 3.63) is 16.4 Å². The van der Waals surface area contributed by atoms with Gasteiger partial charge in [-0.3, -0.25) is 10.1 Å². The summed E-state index contributed by atoms with van der Waals surface area (Å²) in [5.41, 5.74) is -0.232. The minimum Gasteiger partial charge on any atom is -0.367 e. The molecule has 19 heavy (non-hydrogen) atoms. The molecule has 1 N–H and O–H groups in total. The Hall–Kier alpha value is -1.97. The van der Waals surface area contributed by atoms with E-state index in [1.807, 2.05) is 0 Å². The van der Waals surface area contributed by atoms with E-state index in [0.29, 0.717) is 0 Å². The summed E-state index contributed by atoms with van der Waals surface area (Å²) in [7, 11) is -1.52. The first-order chi connectivity index (χ1) is 8.94. The van der Waals surface area contributed by atoms with Crippen LogP contribution in [0, 0.1) is 10.1 Å². The predicted molar refractivity (Wildman–Crippen MR) is 69.1 cm³/mol. The molecule has 10 heteroatoms. The van der Waals surface area contributed by atoms with Crippen LogP contribution in [0.15, 0.2) is 6.33 Å². The Morgan fingerprint density at radius 2 is 2.00 bits per heavy atom. The molecule has 0 amide bonds. The third kappa shape index (κ3) is 2.72. The highest BCUT2D eigenvalue weighted by molar-refractivity contribution is 7.91. The number of nitrogens with zero attached hydrogens (tertiary/aromatic N) is 4. The lowest BCUT2D eigenvalue weighted by molar-refractivity contribution is -0.383. The molecule has 0 spiro atoms. The zero-order valence-corrected chi connectivity index (χ0v) is 11.1. The van der Waals surface area contributed by atoms with Gasteiger partial charge in [0.1, 0.15) is 6.33 Å². The van der Waals surface area contributed by atoms with E-state index in [0.717, 1.165) is 0 Å². The van der Waals surface area contributed by atoms with Gasteiger partial charge in [-0.25, -0.2) is 18.4 Å². The molecule has 1 aromatic heterocycles. The number of aromatic nitrogens is 2. The maximum Gasteiger partial charge on any atom is 0.353 e. The van der Waals surface area contributed by atoms with Crippen LogP contribution in [-0.2, 0) is 9.84 Å². The van der Waals surface area contributed by atoms with Crippen molar-refractivity contribution in [1.82, 2.24) is 9.97 Å². The Morgan fingerprint density at radius 1 is 1.37 bits per heavy atom. The van der Waals surface area contributed by atoms with Gasteiger partial charge in [-0.1, -0.05) is 0 Å². The number of nitro groups is 1. The second-order valence-electron chi connectivity index (χ2n) is 4.04. The van der Waals surface area contributed by atoms with E-state index in [1.54, 1.807) is 4.90 Å². The summed E-state index contributed by atoms with van der Waals surface area (Å²) in [5.74, 6) is 0.217. The molecule has 1 aliphatic rings. The fraction of sp³-hybridized carbons (Fsp3) is 0.556. The molecule has 1 aliphatic heterocycles. The average Bonchev–Trinajstić information content (AvgIpc) is 2.37. The summed E-state index contributed by atoms with van der Waals surface area (Å²) in [6.45, 7) is 0.396. The largest absolute Gasteiger partial charge is 0.367 e. The molecule has 1 fully saturated rings. The molecule has 2 rings (SSSR count). The van der Waals surface area contributed by atoms with Crippen molar-refractivity contribution in [3.8, 4) is 0 Å². The molecular weight excluding hydrogens is 274 g/mol. The Kier molecular flexibility index (Phi) is 3.51. The molecule has 0 unspecified atom stereocenters. The number of hydrogen-bond donors (Lipinski definition) is 1. The van der Waals surface area contributed by atoms with Crippen molar-refractivity contribution >= 4 is 27.2 Å². The van der Waals surface area contributed by atoms with Crippen LogP contribution < -0.4 is 10.2 Å². The summed E-state index contributed by atoms with van der Waals surface area (Å²) in [6, 6.07) is 0. The van der Waals surface area contributed by atoms with Crippen LogP contribution in [0.4, 0.5) is 17.3 Å². The second kappa shape index (κ2) is 4.96. The Balaban J connectivity index is 2.38. The minimum absolute atomic E-state index is 0.0248. The highest BCUT2D eigenvalue weighted by Crippen LogP contribution is 2.31. The first-order valence-corrected chi connectivity index (χ1v) is 7.39. The van der Waals surface area contributed by atoms with Crippen molar-refractivity contribution < 1.29 is 13.3 Å². The minimum atomic E-state index is -3.04. The number of hydrogen-bond acceptors (Lipinski definition) is 8. The Bertz CT molecular complexity index is 589. The molecule has 0 atom stereocenters. The van der Waals surface area contributed by atoms with Gasteiger partial charge in [0.2, 0.25) is 11.6 Å². The van der Waals surface area contributed by atoms with E-state index < -0.39 is 14.8 Å². The van der Waals surface area contributed by atoms with E-state index in [-0.39, 0.29) is 41.9 Å². The summed E-state index contributed by atoms with van der Waals surface area (Å²) >= 11 is 0. The number of rotatable bonds is 3. The van der Waals surface area contributed by atoms with E-state index in [1.165, 1.54) is 13.4 Å². The van der Waals surface area contributed by atoms with Gasteiger partial charge in [-0.2, -0.15) is 0 Å². The summed E-state index contributed by atoms with van der Waals surface area (Å²) < 4.78 is 22.7. The van der Waals surface area contributed by atoms with Gasteiger partial charge in [0.15, 0.2) is 9.84 Å². The highest BCUT2D eigenvalue weighted by atomic mass is 32.2. The zero-order chi connectivity index (χ0) is 14.0. The van der Waals surface area contributed by atoms with Crippen molar-refractivity contribution in [1.29, 1.82) is 0 Å². The molecule has 0 aliphatic carbocycles. The first kappa shape index (κ1) is 13.5. The van der Waals surface area contributed by atoms with E-state index >= 15 is 0 Å². The predicted octanol–water partition coefficient (Wildman–Crippen LogP) is -0.339. The lowest BCUT2D eigenvalue weighted by Crippen LogP contribution is -2.41. The van der Waals surface area contributed by atoms with Crippen molar-refractivity contribution in [3.63, 3.8) is 0 Å². The van der Waals surface area contributed by atoms with Crippen LogP contribution in [0.1, 0.15) is 0 Å². The average molecular weight is 287 g/mol. The molecule has 0 radical (unpaired) electrons. The SMILES string of the molecule is CNc1ncnc(N2CCS(=O)(=O)CC2)c1[N+](=O)[O-]. The normalized spacial score (nSPS) is 18.1. The van der Waals surface area contributed by atoms with Crippen LogP contribution >= 0.6 is 0 Å². The van der Waals surface area contributed by atoms with Gasteiger partial charge in [-0.15, -0.1) is 0 Å². The van der Waals surface area contributed by atoms with E-state index in [4.69, 9.17) is 0 Å². The molecule has 1 aromatic rings. The fourth-order valence-electron chi connectivity index (χ4n) is 1.88. The van der Waals surface area contributed by atoms with Gasteiger partial charge >= 0.3 is 5.69 Å². The Labute approximate surface area is 109 Å². The highest BCUT2D eigenvalue weighted by Gasteiger charge is 2.30. The van der Waals surface area contributed by atoms with Crippen molar-refractivity contribution in [2.75, 3.05) is 41.9 Å². The molecule has 2 heterocycles. The van der Waals surface area contributed by atoms with Gasteiger partial charge in [-0.05, 0) is 0 Å². The number of anilines is 2. The smallest absolute Gasteiger partial charge is 0.353 e. The standard InChI is InChI=1S/C9H13N5O4S/c1-10-8-7(14(15)16)9(12-6-11-8)13-2-4-19(17,18)5-3-13/h6H,2-5H2,1H3,(H,10,11,12). The topological polar surface area (TPSA) is 118 Å². The summed E-state index contributed by atoms with van der Waals surface area (Å²) in [4.78, 5) is 19.9.